The number of aromatic hydroxyl groups is 1. The van der Waals surface area contributed by atoms with Gasteiger partial charge in [-0.05, 0) is 51.3 Å². The number of carbonyl (C=O) groups is 1. The lowest BCUT2D eigenvalue weighted by molar-refractivity contribution is 0.0726. The topological polar surface area (TPSA) is 66.6 Å². The minimum Gasteiger partial charge on any atom is -0.507 e. The van der Waals surface area contributed by atoms with Crippen molar-refractivity contribution in [1.82, 2.24) is 4.90 Å². The number of rotatable bonds is 4. The standard InChI is InChI=1S/C15H22N2O2/c1-11-6-7-14(18)13(10-11)15(19)17-9-3-5-12(17)4-2-8-16/h6-7,10,12,18H,2-5,8-9,16H2,1H3. The molecule has 0 spiro atoms. The Kier molecular flexibility index (Phi) is 4.43. The first-order valence-electron chi connectivity index (χ1n) is 6.94. The van der Waals surface area contributed by atoms with Crippen molar-refractivity contribution >= 4 is 5.91 Å². The normalized spacial score (nSPS) is 18.8. The molecule has 0 radical (unpaired) electrons. The van der Waals surface area contributed by atoms with E-state index in [9.17, 15) is 9.90 Å². The number of amides is 1. The zero-order valence-electron chi connectivity index (χ0n) is 11.4. The molecule has 1 aromatic rings. The second-order valence-electron chi connectivity index (χ2n) is 5.25. The molecule has 1 aliphatic rings. The van der Waals surface area contributed by atoms with E-state index in [1.54, 1.807) is 12.1 Å². The summed E-state index contributed by atoms with van der Waals surface area (Å²) in [7, 11) is 0. The first-order valence-corrected chi connectivity index (χ1v) is 6.94. The van der Waals surface area contributed by atoms with E-state index >= 15 is 0 Å². The molecule has 104 valence electrons. The summed E-state index contributed by atoms with van der Waals surface area (Å²) in [4.78, 5) is 14.4. The Morgan fingerprint density at radius 1 is 1.53 bits per heavy atom. The molecule has 1 atom stereocenters. The molecule has 0 bridgehead atoms. The molecule has 3 N–H and O–H groups in total. The van der Waals surface area contributed by atoms with Gasteiger partial charge in [0.05, 0.1) is 5.56 Å². The number of nitrogens with zero attached hydrogens (tertiary/aromatic N) is 1. The van der Waals surface area contributed by atoms with E-state index in [1.165, 1.54) is 0 Å². The Bertz CT molecular complexity index is 459. The number of benzene rings is 1. The minimum absolute atomic E-state index is 0.0549. The van der Waals surface area contributed by atoms with Crippen molar-refractivity contribution in [3.63, 3.8) is 0 Å². The summed E-state index contributed by atoms with van der Waals surface area (Å²) in [6, 6.07) is 5.43. The van der Waals surface area contributed by atoms with Crippen LogP contribution in [0.2, 0.25) is 0 Å². The molecule has 2 rings (SSSR count). The van der Waals surface area contributed by atoms with Crippen molar-refractivity contribution in [2.24, 2.45) is 5.73 Å². The highest BCUT2D eigenvalue weighted by molar-refractivity contribution is 5.97. The number of aryl methyl sites for hydroxylation is 1. The van der Waals surface area contributed by atoms with Gasteiger partial charge in [0, 0.05) is 12.6 Å². The van der Waals surface area contributed by atoms with Crippen molar-refractivity contribution in [3.05, 3.63) is 29.3 Å². The summed E-state index contributed by atoms with van der Waals surface area (Å²) in [5.74, 6) is 0.0146. The van der Waals surface area contributed by atoms with Gasteiger partial charge in [-0.25, -0.2) is 0 Å². The quantitative estimate of drug-likeness (QED) is 0.872. The first kappa shape index (κ1) is 13.9. The highest BCUT2D eigenvalue weighted by Crippen LogP contribution is 2.27. The monoisotopic (exact) mass is 262 g/mol. The SMILES string of the molecule is Cc1ccc(O)c(C(=O)N2CCCC2CCCN)c1. The third-order valence-electron chi connectivity index (χ3n) is 3.76. The van der Waals surface area contributed by atoms with Crippen LogP contribution in [0.25, 0.3) is 0 Å². The van der Waals surface area contributed by atoms with E-state index in [1.807, 2.05) is 17.9 Å². The molecule has 4 nitrogen and oxygen atoms in total. The molecule has 1 unspecified atom stereocenters. The van der Waals surface area contributed by atoms with E-state index in [0.29, 0.717) is 12.1 Å². The maximum absolute atomic E-state index is 12.5. The molecule has 1 amide bonds. The molecular formula is C15H22N2O2. The molecule has 4 heteroatoms. The van der Waals surface area contributed by atoms with Crippen molar-refractivity contribution in [2.45, 2.75) is 38.6 Å². The van der Waals surface area contributed by atoms with Gasteiger partial charge in [0.15, 0.2) is 0 Å². The van der Waals surface area contributed by atoms with Crippen LogP contribution >= 0.6 is 0 Å². The summed E-state index contributed by atoms with van der Waals surface area (Å²) in [6.07, 6.45) is 3.97. The lowest BCUT2D eigenvalue weighted by Gasteiger charge is -2.25. The second-order valence-corrected chi connectivity index (χ2v) is 5.25. The van der Waals surface area contributed by atoms with Crippen LogP contribution in [0.15, 0.2) is 18.2 Å². The van der Waals surface area contributed by atoms with Crippen molar-refractivity contribution < 1.29 is 9.90 Å². The average molecular weight is 262 g/mol. The number of nitrogens with two attached hydrogens (primary N) is 1. The molecule has 19 heavy (non-hydrogen) atoms. The van der Waals surface area contributed by atoms with Crippen molar-refractivity contribution in [2.75, 3.05) is 13.1 Å². The third kappa shape index (κ3) is 3.07. The van der Waals surface area contributed by atoms with Gasteiger partial charge < -0.3 is 15.7 Å². The number of phenols is 1. The molecule has 1 saturated heterocycles. The van der Waals surface area contributed by atoms with Crippen molar-refractivity contribution in [1.29, 1.82) is 0 Å². The molecule has 0 aliphatic carbocycles. The maximum Gasteiger partial charge on any atom is 0.257 e. The Morgan fingerprint density at radius 2 is 2.32 bits per heavy atom. The fourth-order valence-electron chi connectivity index (χ4n) is 2.73. The lowest BCUT2D eigenvalue weighted by atomic mass is 10.1. The minimum atomic E-state index is -0.0549. The summed E-state index contributed by atoms with van der Waals surface area (Å²) < 4.78 is 0. The van der Waals surface area contributed by atoms with Crippen LogP contribution in [0.4, 0.5) is 0 Å². The zero-order valence-corrected chi connectivity index (χ0v) is 11.4. The molecule has 0 aromatic heterocycles. The second kappa shape index (κ2) is 6.06. The average Bonchev–Trinajstić information content (AvgIpc) is 2.86. The van der Waals surface area contributed by atoms with Crippen LogP contribution in [-0.4, -0.2) is 35.0 Å². The smallest absolute Gasteiger partial charge is 0.257 e. The molecule has 0 saturated carbocycles. The highest BCUT2D eigenvalue weighted by atomic mass is 16.3. The van der Waals surface area contributed by atoms with Crippen LogP contribution in [0.1, 0.15) is 41.6 Å². The molecule has 1 heterocycles. The number of likely N-dealkylation sites (tertiary alicyclic amines) is 1. The summed E-state index contributed by atoms with van der Waals surface area (Å²) in [5, 5.41) is 9.86. The van der Waals surface area contributed by atoms with Crippen LogP contribution in [0.3, 0.4) is 0 Å². The van der Waals surface area contributed by atoms with Gasteiger partial charge >= 0.3 is 0 Å². The van der Waals surface area contributed by atoms with Gasteiger partial charge in [-0.3, -0.25) is 4.79 Å². The Morgan fingerprint density at radius 3 is 3.05 bits per heavy atom. The molecule has 1 aliphatic heterocycles. The first-order chi connectivity index (χ1) is 9.13. The molecular weight excluding hydrogens is 240 g/mol. The number of hydrogen-bond acceptors (Lipinski definition) is 3. The van der Waals surface area contributed by atoms with E-state index in [0.717, 1.165) is 37.8 Å². The maximum atomic E-state index is 12.5. The molecule has 1 aromatic carbocycles. The van der Waals surface area contributed by atoms with E-state index in [2.05, 4.69) is 0 Å². The number of hydrogen-bond donors (Lipinski definition) is 2. The van der Waals surface area contributed by atoms with Crippen LogP contribution in [0.5, 0.6) is 5.75 Å². The van der Waals surface area contributed by atoms with Crippen molar-refractivity contribution in [3.8, 4) is 5.75 Å². The Labute approximate surface area is 114 Å². The summed E-state index contributed by atoms with van der Waals surface area (Å²) >= 11 is 0. The fraction of sp³-hybridized carbons (Fsp3) is 0.533. The summed E-state index contributed by atoms with van der Waals surface area (Å²) in [5.41, 5.74) is 6.94. The van der Waals surface area contributed by atoms with Crippen LogP contribution in [0, 0.1) is 6.92 Å². The predicted octanol–water partition coefficient (Wildman–Crippen LogP) is 2.04. The van der Waals surface area contributed by atoms with Gasteiger partial charge in [-0.1, -0.05) is 11.6 Å². The van der Waals surface area contributed by atoms with E-state index in [4.69, 9.17) is 5.73 Å². The van der Waals surface area contributed by atoms with Crippen LogP contribution < -0.4 is 5.73 Å². The summed E-state index contributed by atoms with van der Waals surface area (Å²) in [6.45, 7) is 3.36. The van der Waals surface area contributed by atoms with E-state index < -0.39 is 0 Å². The van der Waals surface area contributed by atoms with Gasteiger partial charge in [0.1, 0.15) is 5.75 Å². The lowest BCUT2D eigenvalue weighted by Crippen LogP contribution is -2.35. The van der Waals surface area contributed by atoms with Gasteiger partial charge in [0.25, 0.3) is 5.91 Å². The van der Waals surface area contributed by atoms with Gasteiger partial charge in [0.2, 0.25) is 0 Å². The van der Waals surface area contributed by atoms with Gasteiger partial charge in [-0.15, -0.1) is 0 Å². The number of phenolic OH excluding ortho intramolecular Hbond substituents is 1. The zero-order chi connectivity index (χ0) is 13.8. The predicted molar refractivity (Wildman–Crippen MR) is 75.2 cm³/mol. The fourth-order valence-corrected chi connectivity index (χ4v) is 2.73. The highest BCUT2D eigenvalue weighted by Gasteiger charge is 2.30. The van der Waals surface area contributed by atoms with Crippen LogP contribution in [-0.2, 0) is 0 Å². The largest absolute Gasteiger partial charge is 0.507 e. The Hall–Kier alpha value is -1.55. The van der Waals surface area contributed by atoms with E-state index in [-0.39, 0.29) is 17.7 Å². The molecule has 1 fully saturated rings. The number of carbonyl (C=O) groups excluding carboxylic acids is 1. The van der Waals surface area contributed by atoms with Gasteiger partial charge in [-0.2, -0.15) is 0 Å². The third-order valence-corrected chi connectivity index (χ3v) is 3.76. The Balaban J connectivity index is 2.16.